The lowest BCUT2D eigenvalue weighted by atomic mass is 9.64. The first-order valence-corrected chi connectivity index (χ1v) is 21.5. The van der Waals surface area contributed by atoms with Crippen molar-refractivity contribution in [3.05, 3.63) is 104 Å². The molecule has 0 fully saturated rings. The van der Waals surface area contributed by atoms with E-state index >= 15 is 0 Å². The van der Waals surface area contributed by atoms with E-state index in [0.29, 0.717) is 63.4 Å². The number of fused-ring (bicyclic) bond motifs is 12. The molecule has 61 heavy (non-hydrogen) atoms. The SMILES string of the molecule is CNCOC12Cc3c4c(c5c(c3OC1c1ccc(O)c(c1)OCCC#CC2NCNCC(C)O)CCC(CO)O5)-c1ccc(O)c2c1C(C4)C(c1ccc3c(c1)=CCN=3)C=C2. The highest BCUT2D eigenvalue weighted by atomic mass is 16.6. The van der Waals surface area contributed by atoms with Crippen LogP contribution >= 0.6 is 0 Å². The lowest BCUT2D eigenvalue weighted by Gasteiger charge is -2.50. The molecule has 6 aliphatic rings. The number of aliphatic hydroxyl groups excluding tert-OH is 2. The number of rotatable bonds is 10. The normalized spacial score (nSPS) is 25.3. The molecule has 316 valence electrons. The first-order chi connectivity index (χ1) is 29.8. The summed E-state index contributed by atoms with van der Waals surface area (Å²) in [5, 5.41) is 55.3. The molecule has 4 heterocycles. The fraction of sp³-hybridized carbons (Fsp3) is 0.408. The summed E-state index contributed by atoms with van der Waals surface area (Å²) >= 11 is 0. The summed E-state index contributed by atoms with van der Waals surface area (Å²) in [5.74, 6) is 8.88. The second-order valence-corrected chi connectivity index (χ2v) is 17.0. The summed E-state index contributed by atoms with van der Waals surface area (Å²) in [6.45, 7) is 3.49. The predicted octanol–water partition coefficient (Wildman–Crippen LogP) is 3.60. The quantitative estimate of drug-likeness (QED) is 0.0711. The number of allylic oxidation sites excluding steroid dienone is 1. The van der Waals surface area contributed by atoms with Crippen molar-refractivity contribution in [1.82, 2.24) is 16.0 Å². The van der Waals surface area contributed by atoms with Crippen LogP contribution in [-0.4, -0.2) is 91.0 Å². The second kappa shape index (κ2) is 16.1. The molecule has 0 saturated heterocycles. The second-order valence-electron chi connectivity index (χ2n) is 17.0. The largest absolute Gasteiger partial charge is 0.507 e. The molecule has 4 aliphatic heterocycles. The van der Waals surface area contributed by atoms with Crippen LogP contribution in [0.1, 0.15) is 76.6 Å². The van der Waals surface area contributed by atoms with Crippen LogP contribution in [0, 0.1) is 11.8 Å². The number of aromatic hydroxyl groups is 2. The molecule has 4 aromatic rings. The molecule has 0 spiro atoms. The molecule has 12 heteroatoms. The topological polar surface area (TPSA) is 166 Å². The highest BCUT2D eigenvalue weighted by Crippen LogP contribution is 2.61. The zero-order chi connectivity index (χ0) is 41.8. The van der Waals surface area contributed by atoms with E-state index in [2.05, 4.69) is 69.2 Å². The van der Waals surface area contributed by atoms with Crippen molar-refractivity contribution in [3.63, 3.8) is 0 Å². The number of nitrogens with one attached hydrogen (secondary N) is 3. The van der Waals surface area contributed by atoms with Crippen LogP contribution in [0.4, 0.5) is 0 Å². The van der Waals surface area contributed by atoms with Gasteiger partial charge in [0.2, 0.25) is 0 Å². The average Bonchev–Trinajstić information content (AvgIpc) is 3.75. The third-order valence-corrected chi connectivity index (χ3v) is 13.2. The lowest BCUT2D eigenvalue weighted by molar-refractivity contribution is -0.141. The minimum Gasteiger partial charge on any atom is -0.507 e. The Morgan fingerprint density at radius 1 is 1.02 bits per heavy atom. The number of hydrogen-bond donors (Lipinski definition) is 7. The molecule has 2 aliphatic carbocycles. The Morgan fingerprint density at radius 3 is 2.74 bits per heavy atom. The molecule has 12 nitrogen and oxygen atoms in total. The van der Waals surface area contributed by atoms with E-state index in [1.54, 1.807) is 19.1 Å². The summed E-state index contributed by atoms with van der Waals surface area (Å²) in [6.07, 6.45) is 7.44. The zero-order valence-electron chi connectivity index (χ0n) is 34.5. The Hall–Kier alpha value is -5.39. The maximum Gasteiger partial charge on any atom is 0.161 e. The van der Waals surface area contributed by atoms with Crippen molar-refractivity contribution >= 4 is 12.2 Å². The highest BCUT2D eigenvalue weighted by molar-refractivity contribution is 5.89. The van der Waals surface area contributed by atoms with Gasteiger partial charge in [0.25, 0.3) is 0 Å². The van der Waals surface area contributed by atoms with Crippen LogP contribution in [0.15, 0.2) is 59.6 Å². The summed E-state index contributed by atoms with van der Waals surface area (Å²) in [5.41, 5.74) is 7.68. The molecular formula is C49H52N4O8. The van der Waals surface area contributed by atoms with E-state index in [9.17, 15) is 20.4 Å². The van der Waals surface area contributed by atoms with Gasteiger partial charge in [-0.25, -0.2) is 0 Å². The van der Waals surface area contributed by atoms with Crippen LogP contribution in [0.3, 0.4) is 0 Å². The molecule has 10 rings (SSSR count). The van der Waals surface area contributed by atoms with E-state index in [1.807, 2.05) is 25.2 Å². The molecule has 0 amide bonds. The maximum absolute atomic E-state index is 11.4. The average molecular weight is 825 g/mol. The zero-order valence-corrected chi connectivity index (χ0v) is 34.5. The number of benzene rings is 4. The van der Waals surface area contributed by atoms with Crippen molar-refractivity contribution in [1.29, 1.82) is 0 Å². The minimum absolute atomic E-state index is 0.00172. The van der Waals surface area contributed by atoms with E-state index in [4.69, 9.17) is 18.9 Å². The number of ether oxygens (including phenoxy) is 4. The van der Waals surface area contributed by atoms with Crippen molar-refractivity contribution in [3.8, 4) is 51.7 Å². The fourth-order valence-corrected chi connectivity index (χ4v) is 10.4. The van der Waals surface area contributed by atoms with E-state index in [1.165, 1.54) is 5.56 Å². The van der Waals surface area contributed by atoms with Crippen LogP contribution in [0.25, 0.3) is 23.3 Å². The van der Waals surface area contributed by atoms with Gasteiger partial charge in [0.05, 0.1) is 38.0 Å². The Balaban J connectivity index is 1.21. The number of aliphatic hydroxyl groups is 2. The summed E-state index contributed by atoms with van der Waals surface area (Å²) in [7, 11) is 1.85. The third-order valence-electron chi connectivity index (χ3n) is 13.2. The number of nitrogens with zero attached hydrogens (tertiary/aromatic N) is 1. The van der Waals surface area contributed by atoms with E-state index < -0.39 is 30.0 Å². The molecule has 0 aromatic heterocycles. The lowest BCUT2D eigenvalue weighted by Crippen LogP contribution is -2.62. The predicted molar refractivity (Wildman–Crippen MR) is 230 cm³/mol. The molecule has 7 unspecified atom stereocenters. The Kier molecular flexibility index (Phi) is 10.5. The van der Waals surface area contributed by atoms with Crippen molar-refractivity contribution in [2.75, 3.05) is 46.8 Å². The number of hydrogen-bond acceptors (Lipinski definition) is 12. The molecular weight excluding hydrogens is 773 g/mol. The van der Waals surface area contributed by atoms with Crippen molar-refractivity contribution in [2.45, 2.75) is 80.8 Å². The monoisotopic (exact) mass is 824 g/mol. The van der Waals surface area contributed by atoms with Gasteiger partial charge >= 0.3 is 0 Å². The van der Waals surface area contributed by atoms with Gasteiger partial charge in [-0.05, 0) is 103 Å². The van der Waals surface area contributed by atoms with Crippen LogP contribution in [0.5, 0.6) is 28.7 Å². The summed E-state index contributed by atoms with van der Waals surface area (Å²) in [4.78, 5) is 4.65. The van der Waals surface area contributed by atoms with Gasteiger partial charge in [-0.2, -0.15) is 0 Å². The van der Waals surface area contributed by atoms with Crippen molar-refractivity contribution in [2.24, 2.45) is 4.99 Å². The molecule has 7 atom stereocenters. The van der Waals surface area contributed by atoms with Gasteiger partial charge in [-0.15, -0.1) is 0 Å². The molecule has 2 bridgehead atoms. The highest BCUT2D eigenvalue weighted by Gasteiger charge is 2.55. The summed E-state index contributed by atoms with van der Waals surface area (Å²) < 4.78 is 27.5. The van der Waals surface area contributed by atoms with Gasteiger partial charge in [-0.3, -0.25) is 15.6 Å². The van der Waals surface area contributed by atoms with Crippen LogP contribution in [0.2, 0.25) is 0 Å². The maximum atomic E-state index is 11.4. The smallest absolute Gasteiger partial charge is 0.161 e. The number of phenolic OH excluding ortho intramolecular Hbond substituents is 2. The van der Waals surface area contributed by atoms with Gasteiger partial charge in [0.15, 0.2) is 17.6 Å². The van der Waals surface area contributed by atoms with Gasteiger partial charge in [0, 0.05) is 54.2 Å². The molecule has 4 aromatic carbocycles. The van der Waals surface area contributed by atoms with Gasteiger partial charge in [-0.1, -0.05) is 48.3 Å². The first kappa shape index (κ1) is 39.7. The number of phenols is 2. The Labute approximate surface area is 354 Å². The Bertz CT molecular complexity index is 2620. The van der Waals surface area contributed by atoms with Gasteiger partial charge in [0.1, 0.15) is 35.0 Å². The minimum atomic E-state index is -1.15. The summed E-state index contributed by atoms with van der Waals surface area (Å²) in [6, 6.07) is 15.1. The molecule has 7 N–H and O–H groups in total. The van der Waals surface area contributed by atoms with Crippen molar-refractivity contribution < 1.29 is 39.4 Å². The van der Waals surface area contributed by atoms with Crippen LogP contribution < -0.4 is 40.7 Å². The molecule has 0 saturated carbocycles. The Morgan fingerprint density at radius 2 is 1.89 bits per heavy atom. The third kappa shape index (κ3) is 6.84. The van der Waals surface area contributed by atoms with Crippen LogP contribution in [-0.2, 0) is 24.0 Å². The van der Waals surface area contributed by atoms with E-state index in [0.717, 1.165) is 60.8 Å². The van der Waals surface area contributed by atoms with Gasteiger partial charge < -0.3 is 44.7 Å². The first-order valence-electron chi connectivity index (χ1n) is 21.5. The van der Waals surface area contributed by atoms with E-state index in [-0.39, 0.29) is 43.3 Å². The fourth-order valence-electron chi connectivity index (χ4n) is 10.4. The molecule has 0 radical (unpaired) electrons. The standard InChI is InChI=1S/C49H52N4O8/c1-27(55)23-51-25-53-43-5-3-4-18-58-42-20-30(7-14-41(42)57)48-49(43,59-26-50-2)22-38-37-21-36-32(28-6-13-39-29(19-28)16-17-52-39)10-11-33-40(56)15-12-34(44(33)36)45(37)47-35(46(38)61-48)9-8-31(24-54)60-47/h6-7,10-16,19-20,27,31-32,36,43,48,50-51,53-57H,4,8-9,17-18,21-26H2,1-2H3.